The molecule has 1 saturated heterocycles. The third-order valence-electron chi connectivity index (χ3n) is 5.83. The van der Waals surface area contributed by atoms with Gasteiger partial charge in [0.05, 0.1) is 24.5 Å². The number of ether oxygens (including phenoxy) is 1. The quantitative estimate of drug-likeness (QED) is 0.270. The van der Waals surface area contributed by atoms with Crippen LogP contribution in [-0.4, -0.2) is 23.9 Å². The molecule has 35 heavy (non-hydrogen) atoms. The number of carbonyl (C=O) groups excluding carboxylic acids is 2. The molecule has 1 amide bonds. The number of amides is 1. The first kappa shape index (κ1) is 24.1. The number of rotatable bonds is 5. The summed E-state index contributed by atoms with van der Waals surface area (Å²) in [6, 6.07) is 10.7. The second-order valence-corrected chi connectivity index (χ2v) is 8.34. The van der Waals surface area contributed by atoms with Gasteiger partial charge in [0.2, 0.25) is 0 Å². The third kappa shape index (κ3) is 4.29. The van der Waals surface area contributed by atoms with Crippen molar-refractivity contribution in [3.8, 4) is 5.75 Å². The van der Waals surface area contributed by atoms with Crippen LogP contribution >= 0.6 is 0 Å². The van der Waals surface area contributed by atoms with E-state index in [0.717, 1.165) is 28.7 Å². The molecule has 0 bridgehead atoms. The number of alkyl halides is 3. The van der Waals surface area contributed by atoms with Gasteiger partial charge in [-0.25, -0.2) is 0 Å². The number of nitrogens with zero attached hydrogens (tertiary/aromatic N) is 1. The molecular formula is C26H22F3NO5. The van der Waals surface area contributed by atoms with Crippen LogP contribution in [0.15, 0.2) is 70.9 Å². The Morgan fingerprint density at radius 1 is 1.09 bits per heavy atom. The molecule has 1 unspecified atom stereocenters. The highest BCUT2D eigenvalue weighted by Crippen LogP contribution is 2.44. The molecule has 1 atom stereocenters. The molecule has 0 saturated carbocycles. The van der Waals surface area contributed by atoms with E-state index in [1.807, 2.05) is 13.8 Å². The second-order valence-electron chi connectivity index (χ2n) is 8.34. The average Bonchev–Trinajstić information content (AvgIpc) is 3.44. The van der Waals surface area contributed by atoms with Crippen molar-refractivity contribution in [2.75, 3.05) is 12.0 Å². The lowest BCUT2D eigenvalue weighted by Crippen LogP contribution is -2.29. The Morgan fingerprint density at radius 2 is 1.83 bits per heavy atom. The van der Waals surface area contributed by atoms with E-state index >= 15 is 0 Å². The van der Waals surface area contributed by atoms with E-state index in [1.165, 1.54) is 37.6 Å². The van der Waals surface area contributed by atoms with Crippen LogP contribution < -0.4 is 9.64 Å². The minimum absolute atomic E-state index is 0.0195. The number of halogens is 3. The summed E-state index contributed by atoms with van der Waals surface area (Å²) in [5, 5.41) is 11.2. The number of furan rings is 1. The average molecular weight is 485 g/mol. The molecule has 0 radical (unpaired) electrons. The van der Waals surface area contributed by atoms with Crippen LogP contribution in [0.4, 0.5) is 18.9 Å². The molecule has 1 aliphatic heterocycles. The van der Waals surface area contributed by atoms with Crippen LogP contribution in [0.1, 0.15) is 48.3 Å². The molecule has 1 aliphatic rings. The standard InChI is InChI=1S/C26H22F3NO5/c1-14(2)18-12-15(9-10-19(18)34-3)23(31)21-22(20-8-5-11-35-20)30(25(33)24(21)32)17-7-4-6-16(13-17)26(27,28)29/h4-14,22,31H,1-3H3/b23-21-. The number of benzene rings is 2. The number of aliphatic hydroxyl groups excluding tert-OH is 1. The molecule has 2 heterocycles. The lowest BCUT2D eigenvalue weighted by Gasteiger charge is -2.24. The predicted molar refractivity (Wildman–Crippen MR) is 122 cm³/mol. The molecule has 182 valence electrons. The molecule has 1 aromatic heterocycles. The summed E-state index contributed by atoms with van der Waals surface area (Å²) in [6.07, 6.45) is -3.34. The first-order valence-electron chi connectivity index (χ1n) is 10.7. The number of hydrogen-bond acceptors (Lipinski definition) is 5. The van der Waals surface area contributed by atoms with Crippen molar-refractivity contribution in [3.05, 3.63) is 88.9 Å². The van der Waals surface area contributed by atoms with Gasteiger partial charge in [-0.3, -0.25) is 14.5 Å². The van der Waals surface area contributed by atoms with Crippen molar-refractivity contribution >= 4 is 23.1 Å². The summed E-state index contributed by atoms with van der Waals surface area (Å²) in [7, 11) is 1.51. The lowest BCUT2D eigenvalue weighted by molar-refractivity contribution is -0.137. The summed E-state index contributed by atoms with van der Waals surface area (Å²) >= 11 is 0. The van der Waals surface area contributed by atoms with Crippen molar-refractivity contribution in [1.82, 2.24) is 0 Å². The zero-order valence-electron chi connectivity index (χ0n) is 19.1. The summed E-state index contributed by atoms with van der Waals surface area (Å²) in [5.74, 6) is -1.87. The normalized spacial score (nSPS) is 17.9. The van der Waals surface area contributed by atoms with E-state index in [1.54, 1.807) is 12.1 Å². The smallest absolute Gasteiger partial charge is 0.416 e. The maximum Gasteiger partial charge on any atom is 0.416 e. The van der Waals surface area contributed by atoms with Gasteiger partial charge < -0.3 is 14.3 Å². The highest BCUT2D eigenvalue weighted by molar-refractivity contribution is 6.51. The zero-order chi connectivity index (χ0) is 25.5. The Balaban J connectivity index is 1.92. The van der Waals surface area contributed by atoms with Gasteiger partial charge in [-0.15, -0.1) is 0 Å². The van der Waals surface area contributed by atoms with Crippen LogP contribution in [0.3, 0.4) is 0 Å². The summed E-state index contributed by atoms with van der Waals surface area (Å²) in [4.78, 5) is 27.1. The molecule has 0 spiro atoms. The van der Waals surface area contributed by atoms with Gasteiger partial charge in [0.25, 0.3) is 11.7 Å². The Labute approximate surface area is 199 Å². The van der Waals surface area contributed by atoms with Gasteiger partial charge in [0.1, 0.15) is 23.3 Å². The highest BCUT2D eigenvalue weighted by Gasteiger charge is 2.48. The fourth-order valence-corrected chi connectivity index (χ4v) is 4.14. The number of ketones is 1. The van der Waals surface area contributed by atoms with Crippen molar-refractivity contribution in [2.24, 2.45) is 0 Å². The van der Waals surface area contributed by atoms with Crippen molar-refractivity contribution in [2.45, 2.75) is 32.0 Å². The van der Waals surface area contributed by atoms with Crippen molar-refractivity contribution < 1.29 is 37.0 Å². The van der Waals surface area contributed by atoms with Crippen molar-refractivity contribution in [3.63, 3.8) is 0 Å². The fraction of sp³-hybridized carbons (Fsp3) is 0.231. The summed E-state index contributed by atoms with van der Waals surface area (Å²) in [6.45, 7) is 3.86. The molecule has 3 aromatic rings. The van der Waals surface area contributed by atoms with Gasteiger partial charge in [0.15, 0.2) is 0 Å². The van der Waals surface area contributed by atoms with Gasteiger partial charge in [-0.05, 0) is 60.0 Å². The fourth-order valence-electron chi connectivity index (χ4n) is 4.14. The number of anilines is 1. The molecule has 6 nitrogen and oxygen atoms in total. The Hall–Kier alpha value is -4.01. The van der Waals surface area contributed by atoms with Gasteiger partial charge in [-0.1, -0.05) is 19.9 Å². The minimum atomic E-state index is -4.65. The molecule has 0 aliphatic carbocycles. The largest absolute Gasteiger partial charge is 0.507 e. The monoisotopic (exact) mass is 485 g/mol. The van der Waals surface area contributed by atoms with Crippen LogP contribution in [0.25, 0.3) is 5.76 Å². The Bertz CT molecular complexity index is 1310. The second kappa shape index (κ2) is 8.98. The van der Waals surface area contributed by atoms with E-state index in [0.29, 0.717) is 5.75 Å². The topological polar surface area (TPSA) is 80.0 Å². The SMILES string of the molecule is COc1ccc(/C(O)=C2/C(=O)C(=O)N(c3cccc(C(F)(F)F)c3)C2c2ccco2)cc1C(C)C. The number of methoxy groups -OCH3 is 1. The zero-order valence-corrected chi connectivity index (χ0v) is 19.1. The van der Waals surface area contributed by atoms with Crippen LogP contribution in [0.2, 0.25) is 0 Å². The minimum Gasteiger partial charge on any atom is -0.507 e. The maximum absolute atomic E-state index is 13.3. The Kier molecular flexibility index (Phi) is 6.19. The first-order valence-corrected chi connectivity index (χ1v) is 10.7. The molecular weight excluding hydrogens is 463 g/mol. The Morgan fingerprint density at radius 3 is 2.43 bits per heavy atom. The third-order valence-corrected chi connectivity index (χ3v) is 5.83. The highest BCUT2D eigenvalue weighted by atomic mass is 19.4. The van der Waals surface area contributed by atoms with Crippen LogP contribution in [0.5, 0.6) is 5.75 Å². The summed E-state index contributed by atoms with van der Waals surface area (Å²) in [5.41, 5.74) is -0.402. The van der Waals surface area contributed by atoms with E-state index in [4.69, 9.17) is 9.15 Å². The molecule has 4 rings (SSSR count). The van der Waals surface area contributed by atoms with Gasteiger partial charge in [-0.2, -0.15) is 13.2 Å². The molecule has 9 heteroatoms. The maximum atomic E-state index is 13.3. The number of carbonyl (C=O) groups is 2. The molecule has 1 N–H and O–H groups in total. The number of hydrogen-bond donors (Lipinski definition) is 1. The number of Topliss-reactive ketones (excluding diaryl/α,β-unsaturated/α-hetero) is 1. The van der Waals surface area contributed by atoms with E-state index in [2.05, 4.69) is 0 Å². The first-order chi connectivity index (χ1) is 16.5. The summed E-state index contributed by atoms with van der Waals surface area (Å²) < 4.78 is 50.8. The number of aliphatic hydroxyl groups is 1. The lowest BCUT2D eigenvalue weighted by atomic mass is 9.95. The van der Waals surface area contributed by atoms with E-state index in [-0.39, 0.29) is 28.5 Å². The van der Waals surface area contributed by atoms with Gasteiger partial charge >= 0.3 is 6.18 Å². The molecule has 2 aromatic carbocycles. The van der Waals surface area contributed by atoms with Gasteiger partial charge in [0, 0.05) is 11.3 Å². The van der Waals surface area contributed by atoms with Crippen LogP contribution in [-0.2, 0) is 15.8 Å². The molecule has 1 fully saturated rings. The van der Waals surface area contributed by atoms with E-state index < -0.39 is 35.2 Å². The van der Waals surface area contributed by atoms with E-state index in [9.17, 15) is 27.9 Å². The predicted octanol–water partition coefficient (Wildman–Crippen LogP) is 6.06. The van der Waals surface area contributed by atoms with Crippen LogP contribution in [0, 0.1) is 0 Å². The van der Waals surface area contributed by atoms with Crippen molar-refractivity contribution in [1.29, 1.82) is 0 Å².